The van der Waals surface area contributed by atoms with E-state index in [9.17, 15) is 19.3 Å². The molecular weight excluding hydrogens is 321 g/mol. The SMILES string of the molecule is Cc1[nH]n(Cc2cc(Br)ccc2F)c(=O)c1[N+](=O)[O-]. The van der Waals surface area contributed by atoms with Gasteiger partial charge in [-0.2, -0.15) is 0 Å². The van der Waals surface area contributed by atoms with E-state index in [1.165, 1.54) is 25.1 Å². The molecule has 1 N–H and O–H groups in total. The largest absolute Gasteiger partial charge is 0.355 e. The number of rotatable bonds is 3. The summed E-state index contributed by atoms with van der Waals surface area (Å²) in [7, 11) is 0. The fourth-order valence-electron chi connectivity index (χ4n) is 1.76. The van der Waals surface area contributed by atoms with Crippen LogP contribution in [0.1, 0.15) is 11.3 Å². The maximum atomic E-state index is 13.6. The number of aryl methyl sites for hydroxylation is 1. The molecule has 0 aliphatic carbocycles. The van der Waals surface area contributed by atoms with Crippen LogP contribution in [-0.4, -0.2) is 14.7 Å². The summed E-state index contributed by atoms with van der Waals surface area (Å²) in [4.78, 5) is 21.8. The highest BCUT2D eigenvalue weighted by Crippen LogP contribution is 2.17. The Morgan fingerprint density at radius 3 is 2.79 bits per heavy atom. The van der Waals surface area contributed by atoms with Gasteiger partial charge >= 0.3 is 11.2 Å². The van der Waals surface area contributed by atoms with Crippen LogP contribution in [0.25, 0.3) is 0 Å². The molecule has 0 fully saturated rings. The van der Waals surface area contributed by atoms with E-state index in [0.717, 1.165) is 4.68 Å². The molecule has 0 saturated carbocycles. The molecule has 0 amide bonds. The van der Waals surface area contributed by atoms with Crippen molar-refractivity contribution < 1.29 is 9.31 Å². The lowest BCUT2D eigenvalue weighted by Crippen LogP contribution is -2.19. The molecule has 0 spiro atoms. The van der Waals surface area contributed by atoms with Crippen LogP contribution in [-0.2, 0) is 6.54 Å². The highest BCUT2D eigenvalue weighted by molar-refractivity contribution is 9.10. The third-order valence-corrected chi connectivity index (χ3v) is 3.12. The quantitative estimate of drug-likeness (QED) is 0.693. The van der Waals surface area contributed by atoms with E-state index in [-0.39, 0.29) is 17.8 Å². The fourth-order valence-corrected chi connectivity index (χ4v) is 2.16. The lowest BCUT2D eigenvalue weighted by molar-refractivity contribution is -0.386. The van der Waals surface area contributed by atoms with E-state index in [0.29, 0.717) is 4.47 Å². The summed E-state index contributed by atoms with van der Waals surface area (Å²) >= 11 is 3.20. The highest BCUT2D eigenvalue weighted by atomic mass is 79.9. The third kappa shape index (κ3) is 2.58. The van der Waals surface area contributed by atoms with Crippen LogP contribution >= 0.6 is 15.9 Å². The zero-order valence-electron chi connectivity index (χ0n) is 9.81. The van der Waals surface area contributed by atoms with Crippen LogP contribution in [0.4, 0.5) is 10.1 Å². The topological polar surface area (TPSA) is 80.9 Å². The maximum Gasteiger partial charge on any atom is 0.355 e. The van der Waals surface area contributed by atoms with Crippen molar-refractivity contribution in [2.45, 2.75) is 13.5 Å². The molecule has 6 nitrogen and oxygen atoms in total. The number of aromatic amines is 1. The molecule has 0 atom stereocenters. The molecule has 0 unspecified atom stereocenters. The molecule has 0 saturated heterocycles. The number of benzene rings is 1. The molecular formula is C11H9BrFN3O3. The lowest BCUT2D eigenvalue weighted by Gasteiger charge is -2.04. The molecule has 0 aliphatic rings. The van der Waals surface area contributed by atoms with E-state index in [1.54, 1.807) is 0 Å². The molecule has 1 heterocycles. The Hall–Kier alpha value is -1.96. The Kier molecular flexibility index (Phi) is 3.52. The van der Waals surface area contributed by atoms with E-state index >= 15 is 0 Å². The first-order valence-corrected chi connectivity index (χ1v) is 6.07. The Balaban J connectivity index is 2.45. The van der Waals surface area contributed by atoms with Crippen LogP contribution in [0.2, 0.25) is 0 Å². The van der Waals surface area contributed by atoms with Crippen LogP contribution in [0.3, 0.4) is 0 Å². The minimum absolute atomic E-state index is 0.0984. The molecule has 8 heteroatoms. The van der Waals surface area contributed by atoms with Crippen LogP contribution < -0.4 is 5.56 Å². The van der Waals surface area contributed by atoms with Gasteiger partial charge in [-0.25, -0.2) is 9.07 Å². The van der Waals surface area contributed by atoms with Gasteiger partial charge < -0.3 is 0 Å². The monoisotopic (exact) mass is 329 g/mol. The molecule has 2 rings (SSSR count). The zero-order valence-corrected chi connectivity index (χ0v) is 11.4. The summed E-state index contributed by atoms with van der Waals surface area (Å²) < 4.78 is 15.2. The van der Waals surface area contributed by atoms with Gasteiger partial charge in [0.15, 0.2) is 0 Å². The Labute approximate surface area is 115 Å². The Morgan fingerprint density at radius 1 is 1.53 bits per heavy atom. The van der Waals surface area contributed by atoms with E-state index < -0.39 is 22.0 Å². The first-order chi connectivity index (χ1) is 8.90. The number of H-pyrrole nitrogens is 1. The van der Waals surface area contributed by atoms with Crippen LogP contribution in [0, 0.1) is 22.9 Å². The minimum atomic E-state index is -0.776. The predicted octanol–water partition coefficient (Wildman–Crippen LogP) is 2.34. The van der Waals surface area contributed by atoms with E-state index in [2.05, 4.69) is 21.0 Å². The first kappa shape index (κ1) is 13.5. The van der Waals surface area contributed by atoms with Crippen molar-refractivity contribution in [2.24, 2.45) is 0 Å². The van der Waals surface area contributed by atoms with Crippen molar-refractivity contribution >= 4 is 21.6 Å². The van der Waals surface area contributed by atoms with Crippen molar-refractivity contribution in [3.05, 3.63) is 60.2 Å². The third-order valence-electron chi connectivity index (χ3n) is 2.62. The molecule has 1 aromatic carbocycles. The Morgan fingerprint density at radius 2 is 2.21 bits per heavy atom. The van der Waals surface area contributed by atoms with Crippen molar-refractivity contribution in [1.82, 2.24) is 9.78 Å². The van der Waals surface area contributed by atoms with E-state index in [4.69, 9.17) is 0 Å². The second kappa shape index (κ2) is 4.96. The summed E-state index contributed by atoms with van der Waals surface area (Å²) in [5, 5.41) is 13.3. The van der Waals surface area contributed by atoms with Crippen molar-refractivity contribution in [2.75, 3.05) is 0 Å². The molecule has 0 radical (unpaired) electrons. The summed E-state index contributed by atoms with van der Waals surface area (Å²) in [5.74, 6) is -0.481. The summed E-state index contributed by atoms with van der Waals surface area (Å²) in [6.07, 6.45) is 0. The molecule has 100 valence electrons. The number of hydrogen-bond donors (Lipinski definition) is 1. The van der Waals surface area contributed by atoms with Crippen LogP contribution in [0.15, 0.2) is 27.5 Å². The van der Waals surface area contributed by atoms with Gasteiger partial charge in [0.1, 0.15) is 11.5 Å². The average Bonchev–Trinajstić information content (AvgIpc) is 2.59. The van der Waals surface area contributed by atoms with Crippen molar-refractivity contribution in [3.8, 4) is 0 Å². The molecule has 0 aliphatic heterocycles. The lowest BCUT2D eigenvalue weighted by atomic mass is 10.2. The highest BCUT2D eigenvalue weighted by Gasteiger charge is 2.22. The van der Waals surface area contributed by atoms with Crippen LogP contribution in [0.5, 0.6) is 0 Å². The second-order valence-electron chi connectivity index (χ2n) is 3.97. The van der Waals surface area contributed by atoms with Gasteiger partial charge in [-0.15, -0.1) is 0 Å². The zero-order chi connectivity index (χ0) is 14.2. The average molecular weight is 330 g/mol. The van der Waals surface area contributed by atoms with Gasteiger partial charge in [-0.05, 0) is 25.1 Å². The summed E-state index contributed by atoms with van der Waals surface area (Å²) in [5.41, 5.74) is -0.893. The van der Waals surface area contributed by atoms with Gasteiger partial charge in [0.2, 0.25) is 0 Å². The standard InChI is InChI=1S/C11H9BrFN3O3/c1-6-10(16(18)19)11(17)15(14-6)5-7-4-8(12)2-3-9(7)13/h2-4,14H,5H2,1H3. The Bertz CT molecular complexity index is 708. The number of nitro groups is 1. The first-order valence-electron chi connectivity index (χ1n) is 5.28. The normalized spacial score (nSPS) is 10.7. The number of halogens is 2. The number of aromatic nitrogens is 2. The number of nitrogens with zero attached hydrogens (tertiary/aromatic N) is 2. The number of hydrogen-bond acceptors (Lipinski definition) is 3. The van der Waals surface area contributed by atoms with Gasteiger partial charge in [-0.1, -0.05) is 15.9 Å². The molecule has 1 aromatic heterocycles. The number of nitrogens with one attached hydrogen (secondary N) is 1. The summed E-state index contributed by atoms with van der Waals surface area (Å²) in [6, 6.07) is 4.31. The summed E-state index contributed by atoms with van der Waals surface area (Å²) in [6.45, 7) is 1.33. The van der Waals surface area contributed by atoms with Crippen molar-refractivity contribution in [3.63, 3.8) is 0 Å². The maximum absolute atomic E-state index is 13.6. The van der Waals surface area contributed by atoms with Gasteiger partial charge in [0, 0.05) is 10.0 Å². The van der Waals surface area contributed by atoms with Gasteiger partial charge in [0.25, 0.3) is 0 Å². The molecule has 2 aromatic rings. The fraction of sp³-hybridized carbons (Fsp3) is 0.182. The molecule has 19 heavy (non-hydrogen) atoms. The minimum Gasteiger partial charge on any atom is -0.293 e. The van der Waals surface area contributed by atoms with Gasteiger partial charge in [-0.3, -0.25) is 20.0 Å². The molecule has 0 bridgehead atoms. The van der Waals surface area contributed by atoms with Crippen molar-refractivity contribution in [1.29, 1.82) is 0 Å². The van der Waals surface area contributed by atoms with E-state index in [1.807, 2.05) is 0 Å². The second-order valence-corrected chi connectivity index (χ2v) is 4.89. The van der Waals surface area contributed by atoms with Gasteiger partial charge in [0.05, 0.1) is 11.5 Å². The predicted molar refractivity (Wildman–Crippen MR) is 69.6 cm³/mol. The smallest absolute Gasteiger partial charge is 0.293 e.